The van der Waals surface area contributed by atoms with E-state index in [9.17, 15) is 13.0 Å². The molecule has 0 aliphatic heterocycles. The highest BCUT2D eigenvalue weighted by atomic mass is 32.2. The number of hydrogen-bond acceptors (Lipinski definition) is 7. The van der Waals surface area contributed by atoms with Crippen molar-refractivity contribution in [1.82, 2.24) is 0 Å². The molecule has 0 radical (unpaired) electrons. The Hall–Kier alpha value is -2.40. The van der Waals surface area contributed by atoms with Gasteiger partial charge in [-0.25, -0.2) is 8.42 Å². The molecule has 0 saturated carbocycles. The van der Waals surface area contributed by atoms with Crippen LogP contribution in [0.15, 0.2) is 65.6 Å². The summed E-state index contributed by atoms with van der Waals surface area (Å²) in [6.07, 6.45) is -0.605. The Balaban J connectivity index is 0.000000248. The molecule has 1 aromatic heterocycles. The van der Waals surface area contributed by atoms with Gasteiger partial charge in [0.25, 0.3) is 6.73 Å². The Morgan fingerprint density at radius 3 is 2.29 bits per heavy atom. The lowest BCUT2D eigenvalue weighted by Crippen LogP contribution is -2.38. The van der Waals surface area contributed by atoms with Crippen LogP contribution < -0.4 is 4.57 Å². The van der Waals surface area contributed by atoms with E-state index in [0.717, 1.165) is 5.56 Å². The van der Waals surface area contributed by atoms with Crippen molar-refractivity contribution in [2.75, 3.05) is 7.11 Å². The third-order valence-corrected chi connectivity index (χ3v) is 7.24. The van der Waals surface area contributed by atoms with Crippen LogP contribution in [0, 0.1) is 13.8 Å². The molecule has 182 valence electrons. The molecule has 1 heterocycles. The van der Waals surface area contributed by atoms with E-state index in [1.54, 1.807) is 30.6 Å². The van der Waals surface area contributed by atoms with Crippen LogP contribution in [0.4, 0.5) is 0 Å². The lowest BCUT2D eigenvalue weighted by atomic mass is 10.1. The van der Waals surface area contributed by atoms with Crippen molar-refractivity contribution in [2.24, 2.45) is 0 Å². The first-order chi connectivity index (χ1) is 16.1. The summed E-state index contributed by atoms with van der Waals surface area (Å²) in [6.45, 7) is 8.13. The number of methoxy groups -OCH3 is 1. The lowest BCUT2D eigenvalue weighted by molar-refractivity contribution is -0.716. The van der Waals surface area contributed by atoms with Crippen molar-refractivity contribution in [3.05, 3.63) is 71.2 Å². The molecule has 0 N–H and O–H groups in total. The molecule has 0 amide bonds. The van der Waals surface area contributed by atoms with Crippen molar-refractivity contribution < 1.29 is 31.7 Å². The minimum absolute atomic E-state index is 0.178. The average Bonchev–Trinajstić information content (AvgIpc) is 3.13. The highest BCUT2D eigenvalue weighted by molar-refractivity contribution is 7.85. The fourth-order valence-corrected chi connectivity index (χ4v) is 4.94. The summed E-state index contributed by atoms with van der Waals surface area (Å²) < 4.78 is 51.1. The maximum atomic E-state index is 10.4. The average molecular weight is 504 g/mol. The first-order valence-electron chi connectivity index (χ1n) is 10.7. The summed E-state index contributed by atoms with van der Waals surface area (Å²) in [6, 6.07) is 18.6. The van der Waals surface area contributed by atoms with Crippen LogP contribution in [0.1, 0.15) is 24.4 Å². The van der Waals surface area contributed by atoms with E-state index in [0.29, 0.717) is 6.73 Å². The molecule has 34 heavy (non-hydrogen) atoms. The quantitative estimate of drug-likeness (QED) is 0.203. The molecule has 0 fully saturated rings. The van der Waals surface area contributed by atoms with E-state index >= 15 is 0 Å². The minimum atomic E-state index is -4.27. The second kappa shape index (κ2) is 11.4. The van der Waals surface area contributed by atoms with Crippen LogP contribution in [0.2, 0.25) is 0 Å². The van der Waals surface area contributed by atoms with E-state index in [2.05, 4.69) is 47.9 Å². The van der Waals surface area contributed by atoms with Gasteiger partial charge in [0.05, 0.1) is 4.90 Å². The SMILES string of the molecule is COC(C)OC(C)OC[n+]1c(C)sc2c3ccccc3ccc21.Cc1ccc(S(=O)(=O)[O-])cc1. The number of thiazole rings is 1. The first kappa shape index (κ1) is 26.2. The summed E-state index contributed by atoms with van der Waals surface area (Å²) in [5.41, 5.74) is 2.12. The molecule has 0 bridgehead atoms. The number of nitrogens with zero attached hydrogens (tertiary/aromatic N) is 1. The number of aryl methyl sites for hydroxylation is 2. The first-order valence-corrected chi connectivity index (χ1v) is 13.0. The molecule has 2 unspecified atom stereocenters. The summed E-state index contributed by atoms with van der Waals surface area (Å²) in [4.78, 5) is -0.178. The van der Waals surface area contributed by atoms with Gasteiger partial charge >= 0.3 is 0 Å². The van der Waals surface area contributed by atoms with Crippen molar-refractivity contribution >= 4 is 42.4 Å². The molecule has 3 aromatic carbocycles. The monoisotopic (exact) mass is 503 g/mol. The highest BCUT2D eigenvalue weighted by Crippen LogP contribution is 2.29. The van der Waals surface area contributed by atoms with Crippen molar-refractivity contribution in [1.29, 1.82) is 0 Å². The van der Waals surface area contributed by atoms with Crippen LogP contribution in [0.3, 0.4) is 0 Å². The summed E-state index contributed by atoms with van der Waals surface area (Å²) >= 11 is 1.80. The largest absolute Gasteiger partial charge is 0.744 e. The smallest absolute Gasteiger partial charge is 0.256 e. The van der Waals surface area contributed by atoms with Crippen LogP contribution in [0.5, 0.6) is 0 Å². The summed E-state index contributed by atoms with van der Waals surface area (Å²) in [5.74, 6) is 0. The van der Waals surface area contributed by atoms with Crippen molar-refractivity contribution in [3.63, 3.8) is 0 Å². The van der Waals surface area contributed by atoms with Gasteiger partial charge in [-0.05, 0) is 44.4 Å². The molecular formula is C25H29NO6S2. The van der Waals surface area contributed by atoms with Crippen molar-refractivity contribution in [3.8, 4) is 0 Å². The summed E-state index contributed by atoms with van der Waals surface area (Å²) in [7, 11) is -2.65. The van der Waals surface area contributed by atoms with Gasteiger partial charge in [0.15, 0.2) is 12.6 Å². The number of aromatic nitrogens is 1. The Bertz CT molecular complexity index is 1350. The van der Waals surface area contributed by atoms with Crippen LogP contribution in [-0.4, -0.2) is 32.7 Å². The third-order valence-electron chi connectivity index (χ3n) is 5.24. The molecule has 2 atom stereocenters. The number of rotatable bonds is 7. The Morgan fingerprint density at radius 2 is 1.65 bits per heavy atom. The van der Waals surface area contributed by atoms with E-state index < -0.39 is 10.1 Å². The predicted octanol–water partition coefficient (Wildman–Crippen LogP) is 4.88. The number of benzene rings is 3. The number of ether oxygens (including phenoxy) is 3. The molecule has 4 rings (SSSR count). The number of fused-ring (bicyclic) bond motifs is 3. The zero-order valence-corrected chi connectivity index (χ0v) is 21.5. The van der Waals surface area contributed by atoms with E-state index in [4.69, 9.17) is 14.2 Å². The van der Waals surface area contributed by atoms with Gasteiger partial charge in [-0.3, -0.25) is 4.74 Å². The molecule has 0 spiro atoms. The second-order valence-corrected chi connectivity index (χ2v) is 10.3. The van der Waals surface area contributed by atoms with Crippen LogP contribution >= 0.6 is 11.3 Å². The Morgan fingerprint density at radius 1 is 0.971 bits per heavy atom. The molecule has 9 heteroatoms. The Labute approximate surface area is 204 Å². The second-order valence-electron chi connectivity index (χ2n) is 7.75. The third kappa shape index (κ3) is 6.59. The molecule has 0 aliphatic carbocycles. The maximum Gasteiger partial charge on any atom is 0.256 e. The molecule has 7 nitrogen and oxygen atoms in total. The van der Waals surface area contributed by atoms with Gasteiger partial charge in [0.2, 0.25) is 10.5 Å². The Kier molecular flexibility index (Phi) is 8.75. The fourth-order valence-electron chi connectivity index (χ4n) is 3.33. The van der Waals surface area contributed by atoms with Gasteiger partial charge in [-0.15, -0.1) is 0 Å². The van der Waals surface area contributed by atoms with E-state index in [1.807, 2.05) is 20.8 Å². The van der Waals surface area contributed by atoms with Crippen LogP contribution in [-0.2, 0) is 31.1 Å². The molecular weight excluding hydrogens is 474 g/mol. The van der Waals surface area contributed by atoms with E-state index in [-0.39, 0.29) is 17.5 Å². The molecule has 0 saturated heterocycles. The zero-order valence-electron chi connectivity index (χ0n) is 19.8. The zero-order chi connectivity index (χ0) is 24.9. The van der Waals surface area contributed by atoms with Gasteiger partial charge in [0.1, 0.15) is 14.8 Å². The molecule has 4 aromatic rings. The summed E-state index contributed by atoms with van der Waals surface area (Å²) in [5, 5.41) is 3.76. The van der Waals surface area contributed by atoms with Crippen LogP contribution in [0.25, 0.3) is 21.0 Å². The topological polar surface area (TPSA) is 88.8 Å². The fraction of sp³-hybridized carbons (Fsp3) is 0.320. The predicted molar refractivity (Wildman–Crippen MR) is 132 cm³/mol. The van der Waals surface area contributed by atoms with Gasteiger partial charge in [-0.1, -0.05) is 53.3 Å². The van der Waals surface area contributed by atoms with Gasteiger partial charge < -0.3 is 14.0 Å². The molecule has 0 aliphatic rings. The van der Waals surface area contributed by atoms with Gasteiger partial charge in [0, 0.05) is 25.5 Å². The van der Waals surface area contributed by atoms with E-state index in [1.165, 1.54) is 38.1 Å². The normalized spacial score (nSPS) is 13.5. The minimum Gasteiger partial charge on any atom is -0.744 e. The van der Waals surface area contributed by atoms with Crippen molar-refractivity contribution in [2.45, 2.75) is 51.9 Å². The highest BCUT2D eigenvalue weighted by Gasteiger charge is 2.20. The van der Waals surface area contributed by atoms with Gasteiger partial charge in [-0.2, -0.15) is 4.57 Å². The maximum absolute atomic E-state index is 10.4. The lowest BCUT2D eigenvalue weighted by Gasteiger charge is -2.16. The standard InChI is InChI=1S/C18H22NO3S.C7H8O3S/c1-12-19(11-21-14(3)22-13(2)20-4)17-10-9-15-7-5-6-8-16(15)18(17)23-12;1-6-2-4-7(5-3-6)11(8,9)10/h5-10,13-14H,11H2,1-4H3;2-5H,1H3,(H,8,9,10)/q+1;/p-1. The number of hydrogen-bond donors (Lipinski definition) is 0.